The van der Waals surface area contributed by atoms with Crippen LogP contribution in [0.15, 0.2) is 30.3 Å². The predicted molar refractivity (Wildman–Crippen MR) is 66.8 cm³/mol. The number of aromatic nitrogens is 1. The Bertz CT molecular complexity index is 593. The summed E-state index contributed by atoms with van der Waals surface area (Å²) in [5.41, 5.74) is 0.485. The maximum atomic E-state index is 12.6. The quantitative estimate of drug-likeness (QED) is 0.901. The summed E-state index contributed by atoms with van der Waals surface area (Å²) >= 11 is 0. The molecule has 2 rings (SSSR count). The van der Waals surface area contributed by atoms with Crippen LogP contribution in [0.1, 0.15) is 31.0 Å². The average molecular weight is 269 g/mol. The molecule has 0 saturated heterocycles. The number of hydrogen-bond acceptors (Lipinski definition) is 2. The molecule has 0 aliphatic carbocycles. The summed E-state index contributed by atoms with van der Waals surface area (Å²) in [6, 6.07) is 6.72. The van der Waals surface area contributed by atoms with Gasteiger partial charge in [-0.1, -0.05) is 13.0 Å². The van der Waals surface area contributed by atoms with E-state index < -0.39 is 17.8 Å². The van der Waals surface area contributed by atoms with Crippen LogP contribution >= 0.6 is 0 Å². The second-order valence-electron chi connectivity index (χ2n) is 4.67. The molecule has 0 aliphatic rings. The van der Waals surface area contributed by atoms with Gasteiger partial charge in [0.15, 0.2) is 0 Å². The molecule has 102 valence electrons. The third-order valence-corrected chi connectivity index (χ3v) is 3.23. The maximum absolute atomic E-state index is 12.6. The van der Waals surface area contributed by atoms with Gasteiger partial charge in [0.05, 0.1) is 17.2 Å². The Hall–Kier alpha value is -1.62. The van der Waals surface area contributed by atoms with Gasteiger partial charge in [0.2, 0.25) is 0 Å². The van der Waals surface area contributed by atoms with E-state index in [9.17, 15) is 18.3 Å². The number of rotatable bonds is 2. The smallest absolute Gasteiger partial charge is 0.393 e. The van der Waals surface area contributed by atoms with Crippen molar-refractivity contribution in [3.05, 3.63) is 41.6 Å². The van der Waals surface area contributed by atoms with Crippen molar-refractivity contribution in [2.24, 2.45) is 0 Å². The minimum absolute atomic E-state index is 0.160. The highest BCUT2D eigenvalue weighted by Crippen LogP contribution is 2.31. The lowest BCUT2D eigenvalue weighted by Crippen LogP contribution is -2.12. The third-order valence-electron chi connectivity index (χ3n) is 3.23. The molecule has 1 aromatic carbocycles. The molecule has 0 fully saturated rings. The molecule has 2 atom stereocenters. The van der Waals surface area contributed by atoms with Crippen molar-refractivity contribution in [2.45, 2.75) is 32.0 Å². The molecule has 1 aromatic heterocycles. The first kappa shape index (κ1) is 13.8. The number of aliphatic hydroxyl groups excluding tert-OH is 1. The normalized spacial score (nSPS) is 15.5. The van der Waals surface area contributed by atoms with E-state index in [-0.39, 0.29) is 5.92 Å². The number of pyridine rings is 1. The summed E-state index contributed by atoms with van der Waals surface area (Å²) in [7, 11) is 0. The van der Waals surface area contributed by atoms with Crippen molar-refractivity contribution in [3.8, 4) is 0 Å². The van der Waals surface area contributed by atoms with Crippen LogP contribution in [0.2, 0.25) is 0 Å². The number of aliphatic hydroxyl groups is 1. The topological polar surface area (TPSA) is 33.1 Å². The highest BCUT2D eigenvalue weighted by Gasteiger charge is 2.30. The van der Waals surface area contributed by atoms with Gasteiger partial charge >= 0.3 is 6.18 Å². The van der Waals surface area contributed by atoms with Crippen LogP contribution in [0.25, 0.3) is 10.9 Å². The van der Waals surface area contributed by atoms with E-state index in [1.54, 1.807) is 19.1 Å². The monoisotopic (exact) mass is 269 g/mol. The fraction of sp³-hybridized carbons (Fsp3) is 0.357. The Morgan fingerprint density at radius 3 is 2.37 bits per heavy atom. The van der Waals surface area contributed by atoms with Gasteiger partial charge in [-0.15, -0.1) is 0 Å². The Balaban J connectivity index is 2.46. The summed E-state index contributed by atoms with van der Waals surface area (Å²) in [5, 5.41) is 9.95. The lowest BCUT2D eigenvalue weighted by atomic mass is 10.0. The van der Waals surface area contributed by atoms with E-state index in [1.165, 1.54) is 6.07 Å². The minimum Gasteiger partial charge on any atom is -0.393 e. The molecule has 0 amide bonds. The molecule has 0 saturated carbocycles. The van der Waals surface area contributed by atoms with Crippen molar-refractivity contribution in [2.75, 3.05) is 0 Å². The highest BCUT2D eigenvalue weighted by molar-refractivity contribution is 5.79. The molecule has 2 unspecified atom stereocenters. The lowest BCUT2D eigenvalue weighted by Gasteiger charge is -2.15. The summed E-state index contributed by atoms with van der Waals surface area (Å²) in [6.07, 6.45) is -4.90. The molecule has 0 aliphatic heterocycles. The maximum Gasteiger partial charge on any atom is 0.416 e. The summed E-state index contributed by atoms with van der Waals surface area (Å²) in [6.45, 7) is 3.48. The van der Waals surface area contributed by atoms with Crippen molar-refractivity contribution in [3.63, 3.8) is 0 Å². The minimum atomic E-state index is -4.35. The SMILES string of the molecule is CC(O)C(C)c1ccc2cc(C(F)(F)F)ccc2n1. The van der Waals surface area contributed by atoms with Crippen molar-refractivity contribution >= 4 is 10.9 Å². The molecule has 5 heteroatoms. The van der Waals surface area contributed by atoms with E-state index in [0.717, 1.165) is 12.1 Å². The largest absolute Gasteiger partial charge is 0.416 e. The number of fused-ring (bicyclic) bond motifs is 1. The molecule has 2 aromatic rings. The first-order valence-electron chi connectivity index (χ1n) is 5.95. The van der Waals surface area contributed by atoms with E-state index in [2.05, 4.69) is 4.98 Å². The van der Waals surface area contributed by atoms with Crippen LogP contribution in [0.4, 0.5) is 13.2 Å². The number of halogens is 3. The Morgan fingerprint density at radius 2 is 1.79 bits per heavy atom. The van der Waals surface area contributed by atoms with E-state index in [4.69, 9.17) is 0 Å². The van der Waals surface area contributed by atoms with Crippen molar-refractivity contribution < 1.29 is 18.3 Å². The van der Waals surface area contributed by atoms with Gasteiger partial charge in [0, 0.05) is 17.0 Å². The van der Waals surface area contributed by atoms with Gasteiger partial charge in [0.1, 0.15) is 0 Å². The summed E-state index contributed by atoms with van der Waals surface area (Å²) in [5.74, 6) is -0.160. The lowest BCUT2D eigenvalue weighted by molar-refractivity contribution is -0.137. The fourth-order valence-electron chi connectivity index (χ4n) is 1.82. The zero-order chi connectivity index (χ0) is 14.2. The zero-order valence-corrected chi connectivity index (χ0v) is 10.6. The van der Waals surface area contributed by atoms with Crippen molar-refractivity contribution in [1.29, 1.82) is 0 Å². The molecule has 2 nitrogen and oxygen atoms in total. The summed E-state index contributed by atoms with van der Waals surface area (Å²) in [4.78, 5) is 4.29. The molecule has 0 spiro atoms. The van der Waals surface area contributed by atoms with Gasteiger partial charge in [-0.2, -0.15) is 13.2 Å². The average Bonchev–Trinajstić information content (AvgIpc) is 2.35. The Morgan fingerprint density at radius 1 is 1.11 bits per heavy atom. The van der Waals surface area contributed by atoms with Crippen LogP contribution in [-0.4, -0.2) is 16.2 Å². The number of benzene rings is 1. The van der Waals surface area contributed by atoms with E-state index in [0.29, 0.717) is 16.6 Å². The Labute approximate surface area is 108 Å². The number of nitrogens with zero attached hydrogens (tertiary/aromatic N) is 1. The van der Waals surface area contributed by atoms with Crippen LogP contribution < -0.4 is 0 Å². The van der Waals surface area contributed by atoms with Crippen LogP contribution in [-0.2, 0) is 6.18 Å². The van der Waals surface area contributed by atoms with Gasteiger partial charge < -0.3 is 5.11 Å². The summed E-state index contributed by atoms with van der Waals surface area (Å²) < 4.78 is 37.7. The molecular formula is C14H14F3NO. The fourth-order valence-corrected chi connectivity index (χ4v) is 1.82. The molecule has 1 N–H and O–H groups in total. The second kappa shape index (κ2) is 4.81. The van der Waals surface area contributed by atoms with Crippen LogP contribution in [0, 0.1) is 0 Å². The van der Waals surface area contributed by atoms with E-state index in [1.807, 2.05) is 6.92 Å². The highest BCUT2D eigenvalue weighted by atomic mass is 19.4. The van der Waals surface area contributed by atoms with Gasteiger partial charge in [-0.05, 0) is 31.2 Å². The van der Waals surface area contributed by atoms with Crippen LogP contribution in [0.3, 0.4) is 0 Å². The molecule has 19 heavy (non-hydrogen) atoms. The molecule has 1 heterocycles. The molecule has 0 bridgehead atoms. The Kier molecular flexibility index (Phi) is 3.49. The second-order valence-corrected chi connectivity index (χ2v) is 4.67. The van der Waals surface area contributed by atoms with Gasteiger partial charge in [-0.25, -0.2) is 0 Å². The van der Waals surface area contributed by atoms with Gasteiger partial charge in [-0.3, -0.25) is 4.98 Å². The van der Waals surface area contributed by atoms with Gasteiger partial charge in [0.25, 0.3) is 0 Å². The zero-order valence-electron chi connectivity index (χ0n) is 10.6. The number of alkyl halides is 3. The molecule has 0 radical (unpaired) electrons. The van der Waals surface area contributed by atoms with Crippen molar-refractivity contribution in [1.82, 2.24) is 4.98 Å². The predicted octanol–water partition coefficient (Wildman–Crippen LogP) is 3.74. The first-order chi connectivity index (χ1) is 8.79. The van der Waals surface area contributed by atoms with E-state index >= 15 is 0 Å². The first-order valence-corrected chi connectivity index (χ1v) is 5.95. The molecular weight excluding hydrogens is 255 g/mol. The standard InChI is InChI=1S/C14H14F3NO/c1-8(9(2)19)12-5-3-10-7-11(14(15,16)17)4-6-13(10)18-12/h3-9,19H,1-2H3. The third kappa shape index (κ3) is 2.87. The van der Waals surface area contributed by atoms with Crippen LogP contribution in [0.5, 0.6) is 0 Å². The number of hydrogen-bond donors (Lipinski definition) is 1.